The van der Waals surface area contributed by atoms with Crippen LogP contribution in [0.3, 0.4) is 0 Å². The molecular formula is C20H28N4O2S. The van der Waals surface area contributed by atoms with E-state index in [2.05, 4.69) is 39.5 Å². The second-order valence-electron chi connectivity index (χ2n) is 7.13. The van der Waals surface area contributed by atoms with Crippen molar-refractivity contribution in [3.05, 3.63) is 40.8 Å². The predicted molar refractivity (Wildman–Crippen MR) is 112 cm³/mol. The van der Waals surface area contributed by atoms with Gasteiger partial charge in [0.05, 0.1) is 11.4 Å². The molecule has 0 bridgehead atoms. The molecule has 1 aliphatic rings. The van der Waals surface area contributed by atoms with Crippen molar-refractivity contribution < 1.29 is 9.32 Å². The minimum Gasteiger partial charge on any atom is -0.369 e. The Balaban J connectivity index is 1.52. The Morgan fingerprint density at radius 3 is 2.59 bits per heavy atom. The highest BCUT2D eigenvalue weighted by atomic mass is 32.2. The number of anilines is 2. The lowest BCUT2D eigenvalue weighted by Gasteiger charge is -2.34. The molecule has 2 aromatic rings. The Labute approximate surface area is 165 Å². The summed E-state index contributed by atoms with van der Waals surface area (Å²) in [5.41, 5.74) is 5.19. The first-order valence-electron chi connectivity index (χ1n) is 9.27. The van der Waals surface area contributed by atoms with Crippen molar-refractivity contribution in [1.82, 2.24) is 10.1 Å². The number of aromatic nitrogens is 1. The lowest BCUT2D eigenvalue weighted by atomic mass is 10.1. The first-order chi connectivity index (χ1) is 12.9. The molecule has 0 spiro atoms. The molecule has 6 nitrogen and oxygen atoms in total. The lowest BCUT2D eigenvalue weighted by molar-refractivity contribution is -0.113. The van der Waals surface area contributed by atoms with E-state index in [0.29, 0.717) is 5.75 Å². The highest BCUT2D eigenvalue weighted by Crippen LogP contribution is 2.24. The maximum Gasteiger partial charge on any atom is 0.234 e. The fourth-order valence-electron chi connectivity index (χ4n) is 3.19. The first kappa shape index (κ1) is 19.8. The highest BCUT2D eigenvalue weighted by molar-refractivity contribution is 7.99. The van der Waals surface area contributed by atoms with Crippen LogP contribution in [0.1, 0.15) is 22.6 Å². The van der Waals surface area contributed by atoms with Crippen molar-refractivity contribution in [3.63, 3.8) is 0 Å². The van der Waals surface area contributed by atoms with E-state index in [1.807, 2.05) is 26.8 Å². The van der Waals surface area contributed by atoms with Gasteiger partial charge < -0.3 is 19.6 Å². The van der Waals surface area contributed by atoms with E-state index in [0.717, 1.165) is 60.2 Å². The van der Waals surface area contributed by atoms with Gasteiger partial charge in [-0.05, 0) is 51.6 Å². The average molecular weight is 389 g/mol. The number of nitrogens with one attached hydrogen (secondary N) is 1. The van der Waals surface area contributed by atoms with Crippen LogP contribution in [0.15, 0.2) is 22.7 Å². The standard InChI is InChI=1S/C20H28N4O2S/c1-14-11-17(24-9-7-23(4)8-10-24)5-6-19(14)21-20(25)13-27-12-18-15(2)22-26-16(18)3/h5-6,11H,7-10,12-13H2,1-4H3,(H,21,25). The first-order valence-corrected chi connectivity index (χ1v) is 10.4. The maximum absolute atomic E-state index is 12.3. The molecule has 1 N–H and O–H groups in total. The minimum atomic E-state index is 0.0159. The summed E-state index contributed by atoms with van der Waals surface area (Å²) in [4.78, 5) is 17.0. The van der Waals surface area contributed by atoms with Gasteiger partial charge in [0.2, 0.25) is 5.91 Å². The van der Waals surface area contributed by atoms with Gasteiger partial charge in [0.1, 0.15) is 5.76 Å². The lowest BCUT2D eigenvalue weighted by Crippen LogP contribution is -2.44. The van der Waals surface area contributed by atoms with Crippen molar-refractivity contribution in [2.24, 2.45) is 0 Å². The number of rotatable bonds is 6. The summed E-state index contributed by atoms with van der Waals surface area (Å²) in [6, 6.07) is 6.28. The van der Waals surface area contributed by atoms with Gasteiger partial charge in [0, 0.05) is 48.9 Å². The van der Waals surface area contributed by atoms with E-state index in [4.69, 9.17) is 4.52 Å². The number of thioether (sulfide) groups is 1. The molecule has 2 heterocycles. The van der Waals surface area contributed by atoms with Gasteiger partial charge in [-0.15, -0.1) is 11.8 Å². The normalized spacial score (nSPS) is 15.2. The van der Waals surface area contributed by atoms with Gasteiger partial charge in [0.25, 0.3) is 0 Å². The molecule has 1 fully saturated rings. The van der Waals surface area contributed by atoms with Crippen LogP contribution in [0.4, 0.5) is 11.4 Å². The molecule has 146 valence electrons. The molecule has 1 aliphatic heterocycles. The van der Waals surface area contributed by atoms with Crippen molar-refractivity contribution in [1.29, 1.82) is 0 Å². The zero-order valence-corrected chi connectivity index (χ0v) is 17.4. The summed E-state index contributed by atoms with van der Waals surface area (Å²) in [5.74, 6) is 1.98. The van der Waals surface area contributed by atoms with Gasteiger partial charge in [-0.1, -0.05) is 5.16 Å². The van der Waals surface area contributed by atoms with Crippen molar-refractivity contribution in [2.75, 3.05) is 49.2 Å². The van der Waals surface area contributed by atoms with E-state index in [9.17, 15) is 4.79 Å². The van der Waals surface area contributed by atoms with Crippen LogP contribution in [0.25, 0.3) is 0 Å². The molecule has 1 amide bonds. The van der Waals surface area contributed by atoms with Gasteiger partial charge in [-0.2, -0.15) is 0 Å². The molecule has 0 saturated carbocycles. The van der Waals surface area contributed by atoms with Crippen LogP contribution < -0.4 is 10.2 Å². The summed E-state index contributed by atoms with van der Waals surface area (Å²) in [6.45, 7) is 10.1. The second kappa shape index (κ2) is 8.80. The van der Waals surface area contributed by atoms with Crippen molar-refractivity contribution in [2.45, 2.75) is 26.5 Å². The molecule has 0 unspecified atom stereocenters. The molecule has 3 rings (SSSR count). The fraction of sp³-hybridized carbons (Fsp3) is 0.500. The number of likely N-dealkylation sites (N-methyl/N-ethyl adjacent to an activating group) is 1. The Bertz CT molecular complexity index is 778. The Kier molecular flexibility index (Phi) is 6.44. The number of carbonyl (C=O) groups is 1. The molecular weight excluding hydrogens is 360 g/mol. The summed E-state index contributed by atoms with van der Waals surface area (Å²) in [7, 11) is 2.16. The van der Waals surface area contributed by atoms with E-state index in [-0.39, 0.29) is 5.91 Å². The third-order valence-electron chi connectivity index (χ3n) is 5.01. The Morgan fingerprint density at radius 2 is 1.96 bits per heavy atom. The summed E-state index contributed by atoms with van der Waals surface area (Å²) in [6.07, 6.45) is 0. The smallest absolute Gasteiger partial charge is 0.234 e. The Hall–Kier alpha value is -1.99. The van der Waals surface area contributed by atoms with Crippen LogP contribution in [-0.2, 0) is 10.5 Å². The number of aryl methyl sites for hydroxylation is 3. The molecule has 1 saturated heterocycles. The van der Waals surface area contributed by atoms with E-state index in [1.54, 1.807) is 11.8 Å². The molecule has 1 aromatic carbocycles. The van der Waals surface area contributed by atoms with Gasteiger partial charge in [0.15, 0.2) is 0 Å². The third kappa shape index (κ3) is 5.05. The highest BCUT2D eigenvalue weighted by Gasteiger charge is 2.15. The predicted octanol–water partition coefficient (Wildman–Crippen LogP) is 3.22. The topological polar surface area (TPSA) is 61.6 Å². The van der Waals surface area contributed by atoms with Crippen LogP contribution >= 0.6 is 11.8 Å². The molecule has 0 aliphatic carbocycles. The summed E-state index contributed by atoms with van der Waals surface area (Å²) in [5, 5.41) is 6.98. The monoisotopic (exact) mass is 388 g/mol. The SMILES string of the molecule is Cc1cc(N2CCN(C)CC2)ccc1NC(=O)CSCc1c(C)noc1C. The van der Waals surface area contributed by atoms with E-state index < -0.39 is 0 Å². The summed E-state index contributed by atoms with van der Waals surface area (Å²) >= 11 is 1.57. The molecule has 27 heavy (non-hydrogen) atoms. The van der Waals surface area contributed by atoms with E-state index in [1.165, 1.54) is 5.69 Å². The molecule has 7 heteroatoms. The maximum atomic E-state index is 12.3. The van der Waals surface area contributed by atoms with Gasteiger partial charge in [-0.3, -0.25) is 4.79 Å². The van der Waals surface area contributed by atoms with Crippen LogP contribution in [0.2, 0.25) is 0 Å². The number of benzene rings is 1. The quantitative estimate of drug-likeness (QED) is 0.820. The molecule has 0 atom stereocenters. The molecule has 0 radical (unpaired) electrons. The number of amides is 1. The summed E-state index contributed by atoms with van der Waals surface area (Å²) < 4.78 is 5.16. The van der Waals surface area contributed by atoms with Crippen molar-refractivity contribution >= 4 is 29.0 Å². The number of hydrogen-bond donors (Lipinski definition) is 1. The van der Waals surface area contributed by atoms with Crippen LogP contribution in [0, 0.1) is 20.8 Å². The number of piperazine rings is 1. The number of hydrogen-bond acceptors (Lipinski definition) is 6. The zero-order valence-electron chi connectivity index (χ0n) is 16.5. The zero-order chi connectivity index (χ0) is 19.4. The number of carbonyl (C=O) groups excluding carboxylic acids is 1. The largest absolute Gasteiger partial charge is 0.369 e. The second-order valence-corrected chi connectivity index (χ2v) is 8.12. The van der Waals surface area contributed by atoms with Crippen LogP contribution in [-0.4, -0.2) is 54.9 Å². The average Bonchev–Trinajstić information content (AvgIpc) is 2.96. The van der Waals surface area contributed by atoms with Crippen LogP contribution in [0.5, 0.6) is 0 Å². The molecule has 1 aromatic heterocycles. The van der Waals surface area contributed by atoms with Gasteiger partial charge >= 0.3 is 0 Å². The van der Waals surface area contributed by atoms with E-state index >= 15 is 0 Å². The van der Waals surface area contributed by atoms with Crippen molar-refractivity contribution in [3.8, 4) is 0 Å². The van der Waals surface area contributed by atoms with Gasteiger partial charge in [-0.25, -0.2) is 0 Å². The fourth-order valence-corrected chi connectivity index (χ4v) is 4.17. The Morgan fingerprint density at radius 1 is 1.22 bits per heavy atom. The number of nitrogens with zero attached hydrogens (tertiary/aromatic N) is 3. The minimum absolute atomic E-state index is 0.0159. The third-order valence-corrected chi connectivity index (χ3v) is 5.97.